The second kappa shape index (κ2) is 10.4. The molecular weight excluding hydrogens is 590 g/mol. The van der Waals surface area contributed by atoms with Crippen molar-refractivity contribution in [3.8, 4) is 10.4 Å². The summed E-state index contributed by atoms with van der Waals surface area (Å²) in [5.74, 6) is -0.784. The topological polar surface area (TPSA) is 98.2 Å². The molecule has 4 rings (SSSR count). The van der Waals surface area contributed by atoms with E-state index in [4.69, 9.17) is 4.74 Å². The summed E-state index contributed by atoms with van der Waals surface area (Å²) in [5, 5.41) is 21.9. The molecule has 2 aliphatic rings. The SMILES string of the molecule is C[C@@H]1CCCN1C1(c2nc(C(=O)NCC(C)(C)O)sc2-c2ccc(C(O)(C(F)(F)F)C(F)(F)F)cc2C(F)F)CO1. The molecule has 1 aromatic heterocycles. The number of nitrogens with one attached hydrogen (secondary N) is 1. The second-order valence-electron chi connectivity index (χ2n) is 10.8. The number of hydrogen-bond donors (Lipinski definition) is 3. The number of rotatable bonds is 8. The van der Waals surface area contributed by atoms with E-state index in [2.05, 4.69) is 10.3 Å². The Bertz CT molecular complexity index is 1290. The highest BCUT2D eigenvalue weighted by atomic mass is 32.1. The second-order valence-corrected chi connectivity index (χ2v) is 11.8. The van der Waals surface area contributed by atoms with Gasteiger partial charge in [-0.05, 0) is 39.7 Å². The lowest BCUT2D eigenvalue weighted by Gasteiger charge is -2.33. The van der Waals surface area contributed by atoms with Crippen molar-refractivity contribution in [1.29, 1.82) is 0 Å². The van der Waals surface area contributed by atoms with E-state index in [0.717, 1.165) is 12.8 Å². The van der Waals surface area contributed by atoms with E-state index < -0.39 is 58.3 Å². The molecule has 1 aromatic carbocycles. The van der Waals surface area contributed by atoms with Crippen LogP contribution in [0.4, 0.5) is 35.1 Å². The Morgan fingerprint density at radius 1 is 1.20 bits per heavy atom. The predicted octanol–water partition coefficient (Wildman–Crippen LogP) is 5.23. The van der Waals surface area contributed by atoms with Gasteiger partial charge in [0.1, 0.15) is 5.69 Å². The van der Waals surface area contributed by atoms with Crippen LogP contribution in [-0.4, -0.2) is 69.7 Å². The number of alkyl halides is 8. The molecule has 3 heterocycles. The number of nitrogens with zero attached hydrogens (tertiary/aromatic N) is 2. The zero-order valence-corrected chi connectivity index (χ0v) is 22.8. The standard InChI is InChI=1S/C25H27F8N3O4S/c1-12-5-4-8-36(12)22(11-40-22)17-16(41-20(35-17)19(37)34-10-21(2,3)38)14-7-6-13(9-15(14)18(26)27)23(39,24(28,29)30)25(31,32)33/h6-7,9,12,18,38-39H,4-5,8,10-11H2,1-3H3,(H,34,37)/t12-,22?/m1/s1. The lowest BCUT2D eigenvalue weighted by Crippen LogP contribution is -2.54. The summed E-state index contributed by atoms with van der Waals surface area (Å²) in [7, 11) is 0. The van der Waals surface area contributed by atoms with Crippen molar-refractivity contribution in [2.75, 3.05) is 19.7 Å². The fourth-order valence-electron chi connectivity index (χ4n) is 4.88. The number of halogens is 8. The lowest BCUT2D eigenvalue weighted by molar-refractivity contribution is -0.376. The Hall–Kier alpha value is -2.40. The van der Waals surface area contributed by atoms with Gasteiger partial charge in [0, 0.05) is 35.8 Å². The molecule has 0 aliphatic carbocycles. The van der Waals surface area contributed by atoms with Crippen LogP contribution >= 0.6 is 11.3 Å². The average molecular weight is 618 g/mol. The van der Waals surface area contributed by atoms with Gasteiger partial charge in [-0.2, -0.15) is 26.3 Å². The smallest absolute Gasteiger partial charge is 0.389 e. The number of aliphatic hydroxyl groups is 2. The number of ether oxygens (including phenoxy) is 1. The Labute approximate surface area is 233 Å². The fraction of sp³-hybridized carbons (Fsp3) is 0.600. The minimum absolute atomic E-state index is 0.0150. The van der Waals surface area contributed by atoms with Crippen LogP contribution in [0.2, 0.25) is 0 Å². The minimum Gasteiger partial charge on any atom is -0.389 e. The van der Waals surface area contributed by atoms with Crippen molar-refractivity contribution in [3.05, 3.63) is 40.0 Å². The van der Waals surface area contributed by atoms with Crippen molar-refractivity contribution < 1.29 is 54.9 Å². The maximum Gasteiger partial charge on any atom is 0.430 e. The number of amides is 1. The summed E-state index contributed by atoms with van der Waals surface area (Å²) in [4.78, 5) is 19.0. The third-order valence-electron chi connectivity index (χ3n) is 7.08. The minimum atomic E-state index is -6.27. The molecule has 0 bridgehead atoms. The Morgan fingerprint density at radius 3 is 2.27 bits per heavy atom. The van der Waals surface area contributed by atoms with Crippen molar-refractivity contribution in [1.82, 2.24) is 15.2 Å². The van der Waals surface area contributed by atoms with Gasteiger partial charge in [0.25, 0.3) is 17.9 Å². The molecule has 0 saturated carbocycles. The molecule has 0 radical (unpaired) electrons. The molecule has 2 fully saturated rings. The molecule has 1 unspecified atom stereocenters. The van der Waals surface area contributed by atoms with E-state index in [1.165, 1.54) is 13.8 Å². The van der Waals surface area contributed by atoms with Gasteiger partial charge in [-0.25, -0.2) is 13.8 Å². The van der Waals surface area contributed by atoms with Crippen molar-refractivity contribution >= 4 is 17.2 Å². The Kier molecular flexibility index (Phi) is 8.00. The summed E-state index contributed by atoms with van der Waals surface area (Å²) >= 11 is 0.602. The third kappa shape index (κ3) is 5.68. The zero-order chi connectivity index (χ0) is 30.8. The van der Waals surface area contributed by atoms with Crippen LogP contribution < -0.4 is 5.32 Å². The number of carbonyl (C=O) groups excluding carboxylic acids is 1. The van der Waals surface area contributed by atoms with Crippen molar-refractivity contribution in [2.45, 2.75) is 75.4 Å². The van der Waals surface area contributed by atoms with Gasteiger partial charge >= 0.3 is 12.4 Å². The highest BCUT2D eigenvalue weighted by Gasteiger charge is 2.71. The monoisotopic (exact) mass is 617 g/mol. The summed E-state index contributed by atoms with van der Waals surface area (Å²) in [6, 6.07) is 0.832. The van der Waals surface area contributed by atoms with Crippen LogP contribution in [-0.2, 0) is 16.1 Å². The summed E-state index contributed by atoms with van der Waals surface area (Å²) in [5.41, 5.74) is -11.5. The first kappa shape index (κ1) is 31.5. The number of thiazole rings is 1. The first-order chi connectivity index (χ1) is 18.7. The molecule has 16 heteroatoms. The molecular formula is C25H27F8N3O4S. The first-order valence-corrected chi connectivity index (χ1v) is 13.3. The van der Waals surface area contributed by atoms with E-state index >= 15 is 0 Å². The maximum atomic E-state index is 14.3. The number of aromatic nitrogens is 1. The summed E-state index contributed by atoms with van der Waals surface area (Å²) < 4.78 is 115. The molecule has 2 saturated heterocycles. The van der Waals surface area contributed by atoms with Crippen LogP contribution in [0.5, 0.6) is 0 Å². The first-order valence-electron chi connectivity index (χ1n) is 12.4. The Morgan fingerprint density at radius 2 is 1.80 bits per heavy atom. The predicted molar refractivity (Wildman–Crippen MR) is 130 cm³/mol. The number of epoxide rings is 1. The van der Waals surface area contributed by atoms with E-state index in [0.29, 0.717) is 23.9 Å². The van der Waals surface area contributed by atoms with E-state index in [1.807, 2.05) is 11.8 Å². The normalized spacial score (nSPS) is 22.4. The fourth-order valence-corrected chi connectivity index (χ4v) is 5.97. The number of hydrogen-bond acceptors (Lipinski definition) is 7. The molecule has 228 valence electrons. The molecule has 3 N–H and O–H groups in total. The van der Waals surface area contributed by atoms with Gasteiger partial charge in [-0.1, -0.05) is 12.1 Å². The molecule has 0 spiro atoms. The zero-order valence-electron chi connectivity index (χ0n) is 22.0. The van der Waals surface area contributed by atoms with E-state index in [9.17, 15) is 50.1 Å². The lowest BCUT2D eigenvalue weighted by atomic mass is 9.88. The quantitative estimate of drug-likeness (QED) is 0.278. The highest BCUT2D eigenvalue weighted by Crippen LogP contribution is 2.54. The van der Waals surface area contributed by atoms with Gasteiger partial charge in [-0.3, -0.25) is 9.69 Å². The largest absolute Gasteiger partial charge is 0.430 e. The number of benzene rings is 1. The van der Waals surface area contributed by atoms with Crippen LogP contribution in [0, 0.1) is 0 Å². The van der Waals surface area contributed by atoms with E-state index in [1.54, 1.807) is 0 Å². The van der Waals surface area contributed by atoms with Crippen LogP contribution in [0.15, 0.2) is 18.2 Å². The summed E-state index contributed by atoms with van der Waals surface area (Å²) in [6.07, 6.45) is -14.6. The molecule has 1 amide bonds. The van der Waals surface area contributed by atoms with E-state index in [-0.39, 0.29) is 46.9 Å². The molecule has 2 aromatic rings. The summed E-state index contributed by atoms with van der Waals surface area (Å²) in [6.45, 7) is 5.13. The molecule has 2 atom stereocenters. The Balaban J connectivity index is 1.89. The number of carbonyl (C=O) groups is 1. The average Bonchev–Trinajstić information content (AvgIpc) is 3.31. The van der Waals surface area contributed by atoms with Crippen LogP contribution in [0.1, 0.15) is 66.7 Å². The van der Waals surface area contributed by atoms with Crippen molar-refractivity contribution in [2.24, 2.45) is 0 Å². The van der Waals surface area contributed by atoms with Gasteiger partial charge in [0.2, 0.25) is 0 Å². The highest BCUT2D eigenvalue weighted by molar-refractivity contribution is 7.17. The molecule has 2 aliphatic heterocycles. The molecule has 41 heavy (non-hydrogen) atoms. The van der Waals surface area contributed by atoms with Crippen molar-refractivity contribution in [3.63, 3.8) is 0 Å². The maximum absolute atomic E-state index is 14.3. The third-order valence-corrected chi connectivity index (χ3v) is 8.16. The molecule has 7 nitrogen and oxygen atoms in total. The van der Waals surface area contributed by atoms with Gasteiger partial charge in [0.15, 0.2) is 10.7 Å². The van der Waals surface area contributed by atoms with Crippen LogP contribution in [0.3, 0.4) is 0 Å². The van der Waals surface area contributed by atoms with Gasteiger partial charge < -0.3 is 20.3 Å². The van der Waals surface area contributed by atoms with Crippen LogP contribution in [0.25, 0.3) is 10.4 Å². The number of likely N-dealkylation sites (tertiary alicyclic amines) is 1. The van der Waals surface area contributed by atoms with Gasteiger partial charge in [0.05, 0.1) is 17.1 Å². The van der Waals surface area contributed by atoms with Gasteiger partial charge in [-0.15, -0.1) is 11.3 Å².